The number of carbonyl (C=O) groups excluding carboxylic acids is 2. The number of esters is 1. The van der Waals surface area contributed by atoms with Crippen LogP contribution in [0, 0.1) is 5.92 Å². The highest BCUT2D eigenvalue weighted by Gasteiger charge is 2.62. The molecule has 0 aromatic heterocycles. The predicted molar refractivity (Wildman–Crippen MR) is 77.8 cm³/mol. The van der Waals surface area contributed by atoms with E-state index in [2.05, 4.69) is 0 Å². The van der Waals surface area contributed by atoms with Gasteiger partial charge in [-0.05, 0) is 18.1 Å². The second-order valence-corrected chi connectivity index (χ2v) is 5.75. The van der Waals surface area contributed by atoms with Crippen LogP contribution in [0.15, 0.2) is 23.8 Å². The summed E-state index contributed by atoms with van der Waals surface area (Å²) in [5.41, 5.74) is -2.62. The van der Waals surface area contributed by atoms with E-state index in [-0.39, 0.29) is 29.1 Å². The number of ketones is 1. The molecule has 1 heterocycles. The van der Waals surface area contributed by atoms with Crippen LogP contribution >= 0.6 is 0 Å². The second-order valence-electron chi connectivity index (χ2n) is 5.75. The smallest absolute Gasteiger partial charge is 0.358 e. The molecule has 1 aliphatic carbocycles. The highest BCUT2D eigenvalue weighted by Crippen LogP contribution is 2.49. The number of methoxy groups -OCH3 is 1. The lowest BCUT2D eigenvalue weighted by Gasteiger charge is -2.45. The first-order chi connectivity index (χ1) is 10.8. The fourth-order valence-corrected chi connectivity index (χ4v) is 3.24. The first kappa shape index (κ1) is 15.4. The molecular formula is C16H16O7. The van der Waals surface area contributed by atoms with Crippen molar-refractivity contribution >= 4 is 17.5 Å². The van der Waals surface area contributed by atoms with E-state index in [9.17, 15) is 24.9 Å². The Morgan fingerprint density at radius 1 is 1.39 bits per heavy atom. The normalized spacial score (nSPS) is 29.4. The molecule has 3 N–H and O–H groups in total. The van der Waals surface area contributed by atoms with Gasteiger partial charge in [0.1, 0.15) is 28.9 Å². The minimum atomic E-state index is -2.14. The van der Waals surface area contributed by atoms with Gasteiger partial charge in [0.2, 0.25) is 0 Å². The molecule has 1 aromatic rings. The third-order valence-corrected chi connectivity index (χ3v) is 4.35. The Morgan fingerprint density at radius 3 is 2.74 bits per heavy atom. The predicted octanol–water partition coefficient (Wildman–Crippen LogP) is 0.935. The van der Waals surface area contributed by atoms with Crippen LogP contribution in [-0.4, -0.2) is 45.9 Å². The van der Waals surface area contributed by atoms with Gasteiger partial charge in [-0.15, -0.1) is 0 Å². The Bertz CT molecular complexity index is 736. The summed E-state index contributed by atoms with van der Waals surface area (Å²) >= 11 is 0. The largest absolute Gasteiger partial charge is 0.507 e. The molecule has 7 nitrogen and oxygen atoms in total. The van der Waals surface area contributed by atoms with Crippen molar-refractivity contribution in [2.24, 2.45) is 5.92 Å². The van der Waals surface area contributed by atoms with Gasteiger partial charge in [0.05, 0.1) is 12.7 Å². The number of hydrogen-bond acceptors (Lipinski definition) is 7. The standard InChI is InChI=1S/C16H16O7/c1-7-6-9(18)12-13(19)11-8(17)4-3-5-10(11)23-16(12,14(7)20)15(21)22-2/h3-5,7,14,17,19-20H,6H2,1-2H3/t7-,14-,16+/m0/s1. The number of rotatable bonds is 1. The quantitative estimate of drug-likeness (QED) is 0.660. The van der Waals surface area contributed by atoms with Crippen molar-refractivity contribution < 1.29 is 34.4 Å². The molecule has 1 saturated carbocycles. The monoisotopic (exact) mass is 320 g/mol. The van der Waals surface area contributed by atoms with Crippen molar-refractivity contribution in [3.8, 4) is 11.5 Å². The van der Waals surface area contributed by atoms with Crippen LogP contribution < -0.4 is 4.74 Å². The van der Waals surface area contributed by atoms with Gasteiger partial charge in [-0.3, -0.25) is 4.79 Å². The van der Waals surface area contributed by atoms with Crippen LogP contribution in [0.1, 0.15) is 18.9 Å². The van der Waals surface area contributed by atoms with Crippen LogP contribution in [0.5, 0.6) is 11.5 Å². The van der Waals surface area contributed by atoms with Gasteiger partial charge in [0.15, 0.2) is 5.78 Å². The summed E-state index contributed by atoms with van der Waals surface area (Å²) in [6.45, 7) is 1.60. The number of carbonyl (C=O) groups is 2. The first-order valence-corrected chi connectivity index (χ1v) is 7.09. The number of ether oxygens (including phenoxy) is 2. The van der Waals surface area contributed by atoms with E-state index in [4.69, 9.17) is 9.47 Å². The Balaban J connectivity index is 2.35. The maximum atomic E-state index is 12.4. The summed E-state index contributed by atoms with van der Waals surface area (Å²) in [4.78, 5) is 24.8. The van der Waals surface area contributed by atoms with Crippen molar-refractivity contribution in [3.63, 3.8) is 0 Å². The zero-order chi connectivity index (χ0) is 16.9. The maximum Gasteiger partial charge on any atom is 0.358 e. The van der Waals surface area contributed by atoms with Crippen LogP contribution in [0.25, 0.3) is 5.76 Å². The number of Topliss-reactive ketones (excluding diaryl/α,β-unsaturated/α-hetero) is 1. The van der Waals surface area contributed by atoms with Gasteiger partial charge in [0.25, 0.3) is 5.60 Å². The molecule has 1 fully saturated rings. The number of benzene rings is 1. The van der Waals surface area contributed by atoms with Crippen molar-refractivity contribution in [1.82, 2.24) is 0 Å². The Morgan fingerprint density at radius 2 is 2.09 bits per heavy atom. The van der Waals surface area contributed by atoms with E-state index in [1.165, 1.54) is 18.2 Å². The van der Waals surface area contributed by atoms with Gasteiger partial charge in [-0.25, -0.2) is 4.79 Å². The van der Waals surface area contributed by atoms with E-state index >= 15 is 0 Å². The van der Waals surface area contributed by atoms with Gasteiger partial charge in [-0.1, -0.05) is 13.0 Å². The van der Waals surface area contributed by atoms with Gasteiger partial charge < -0.3 is 24.8 Å². The van der Waals surface area contributed by atoms with Crippen LogP contribution in [-0.2, 0) is 14.3 Å². The molecule has 23 heavy (non-hydrogen) atoms. The number of aliphatic hydroxyl groups is 2. The summed E-state index contributed by atoms with van der Waals surface area (Å²) in [7, 11) is 1.10. The number of aliphatic hydroxyl groups excluding tert-OH is 2. The molecule has 0 spiro atoms. The lowest BCUT2D eigenvalue weighted by atomic mass is 9.69. The molecule has 0 amide bonds. The topological polar surface area (TPSA) is 113 Å². The lowest BCUT2D eigenvalue weighted by Crippen LogP contribution is -2.64. The minimum absolute atomic E-state index is 0.0161. The number of phenolic OH excluding ortho intramolecular Hbond substituents is 1. The van der Waals surface area contributed by atoms with E-state index in [1.54, 1.807) is 6.92 Å². The molecule has 122 valence electrons. The number of phenols is 1. The average Bonchev–Trinajstić information content (AvgIpc) is 2.51. The van der Waals surface area contributed by atoms with Crippen LogP contribution in [0.2, 0.25) is 0 Å². The highest BCUT2D eigenvalue weighted by molar-refractivity contribution is 6.12. The van der Waals surface area contributed by atoms with Crippen molar-refractivity contribution in [2.45, 2.75) is 25.0 Å². The molecule has 1 aliphatic heterocycles. The second kappa shape index (κ2) is 4.99. The summed E-state index contributed by atoms with van der Waals surface area (Å²) in [6.07, 6.45) is -1.45. The third kappa shape index (κ3) is 1.86. The summed E-state index contributed by atoms with van der Waals surface area (Å²) in [6, 6.07) is 4.19. The molecule has 3 atom stereocenters. The molecule has 0 unspecified atom stereocenters. The number of aromatic hydroxyl groups is 1. The summed E-state index contributed by atoms with van der Waals surface area (Å²) in [5, 5.41) is 31.0. The molecule has 2 aliphatic rings. The Hall–Kier alpha value is -2.54. The van der Waals surface area contributed by atoms with Gasteiger partial charge in [-0.2, -0.15) is 0 Å². The number of fused-ring (bicyclic) bond motifs is 2. The van der Waals surface area contributed by atoms with E-state index in [0.29, 0.717) is 0 Å². The zero-order valence-corrected chi connectivity index (χ0v) is 12.6. The van der Waals surface area contributed by atoms with Crippen molar-refractivity contribution in [2.75, 3.05) is 7.11 Å². The molecule has 0 bridgehead atoms. The molecule has 7 heteroatoms. The maximum absolute atomic E-state index is 12.4. The Labute approximate surface area is 131 Å². The van der Waals surface area contributed by atoms with Gasteiger partial charge in [0, 0.05) is 6.42 Å². The van der Waals surface area contributed by atoms with Crippen molar-refractivity contribution in [1.29, 1.82) is 0 Å². The molecule has 0 radical (unpaired) electrons. The molecule has 0 saturated heterocycles. The average molecular weight is 320 g/mol. The highest BCUT2D eigenvalue weighted by atomic mass is 16.6. The van der Waals surface area contributed by atoms with Crippen LogP contribution in [0.4, 0.5) is 0 Å². The molecule has 1 aromatic carbocycles. The zero-order valence-electron chi connectivity index (χ0n) is 12.6. The van der Waals surface area contributed by atoms with Crippen molar-refractivity contribution in [3.05, 3.63) is 29.3 Å². The third-order valence-electron chi connectivity index (χ3n) is 4.35. The van der Waals surface area contributed by atoms with E-state index in [1.807, 2.05) is 0 Å². The molecule has 3 rings (SSSR count). The first-order valence-electron chi connectivity index (χ1n) is 7.09. The minimum Gasteiger partial charge on any atom is -0.507 e. The van der Waals surface area contributed by atoms with E-state index in [0.717, 1.165) is 7.11 Å². The summed E-state index contributed by atoms with van der Waals surface area (Å²) in [5.74, 6) is -2.99. The van der Waals surface area contributed by atoms with Gasteiger partial charge >= 0.3 is 5.97 Å². The van der Waals surface area contributed by atoms with Crippen LogP contribution in [0.3, 0.4) is 0 Å². The molecular weight excluding hydrogens is 304 g/mol. The number of hydrogen-bond donors (Lipinski definition) is 3. The van der Waals surface area contributed by atoms with E-state index < -0.39 is 35.1 Å². The fourth-order valence-electron chi connectivity index (χ4n) is 3.24. The fraction of sp³-hybridized carbons (Fsp3) is 0.375. The lowest BCUT2D eigenvalue weighted by molar-refractivity contribution is -0.173. The Kier molecular flexibility index (Phi) is 3.33. The SMILES string of the molecule is COC(=O)[C@@]12Oc3cccc(O)c3C(O)=C1C(=O)C[C@H](C)[C@@H]2O. The summed E-state index contributed by atoms with van der Waals surface area (Å²) < 4.78 is 10.4.